The van der Waals surface area contributed by atoms with Gasteiger partial charge in [0.25, 0.3) is 0 Å². The second kappa shape index (κ2) is 4.06. The molecule has 1 heterocycles. The van der Waals surface area contributed by atoms with Gasteiger partial charge in [0.05, 0.1) is 5.52 Å². The SMILES string of the molecule is Cc1cccc2nc(C(C)C)nc(NN)c12. The maximum atomic E-state index is 5.51. The van der Waals surface area contributed by atoms with Crippen LogP contribution in [-0.4, -0.2) is 9.97 Å². The number of nitrogen functional groups attached to an aromatic ring is 1. The first-order chi connectivity index (χ1) is 7.63. The van der Waals surface area contributed by atoms with Crippen molar-refractivity contribution in [2.75, 3.05) is 5.43 Å². The van der Waals surface area contributed by atoms with Crippen LogP contribution in [0.3, 0.4) is 0 Å². The molecule has 0 unspecified atom stereocenters. The standard InChI is InChI=1S/C12H16N4/c1-7(2)11-14-9-6-4-5-8(3)10(9)12(15-11)16-13/h4-7H,13H2,1-3H3,(H,14,15,16). The summed E-state index contributed by atoms with van der Waals surface area (Å²) in [6.07, 6.45) is 0. The summed E-state index contributed by atoms with van der Waals surface area (Å²) in [6.45, 7) is 6.16. The first kappa shape index (κ1) is 10.8. The summed E-state index contributed by atoms with van der Waals surface area (Å²) in [5, 5.41) is 0.995. The van der Waals surface area contributed by atoms with E-state index >= 15 is 0 Å². The monoisotopic (exact) mass is 216 g/mol. The lowest BCUT2D eigenvalue weighted by atomic mass is 10.1. The highest BCUT2D eigenvalue weighted by molar-refractivity contribution is 5.91. The van der Waals surface area contributed by atoms with Crippen molar-refractivity contribution in [1.29, 1.82) is 0 Å². The zero-order chi connectivity index (χ0) is 11.7. The normalized spacial score (nSPS) is 11.1. The topological polar surface area (TPSA) is 63.8 Å². The van der Waals surface area contributed by atoms with Crippen LogP contribution < -0.4 is 11.3 Å². The maximum absolute atomic E-state index is 5.51. The number of hydrazine groups is 1. The van der Waals surface area contributed by atoms with Crippen LogP contribution in [0.1, 0.15) is 31.2 Å². The molecule has 3 N–H and O–H groups in total. The van der Waals surface area contributed by atoms with Gasteiger partial charge in [0.1, 0.15) is 5.82 Å². The molecule has 0 saturated carbocycles. The second-order valence-electron chi connectivity index (χ2n) is 4.20. The molecule has 0 aliphatic heterocycles. The van der Waals surface area contributed by atoms with Crippen LogP contribution in [0.15, 0.2) is 18.2 Å². The number of fused-ring (bicyclic) bond motifs is 1. The Morgan fingerprint density at radius 2 is 2.00 bits per heavy atom. The largest absolute Gasteiger partial charge is 0.308 e. The Hall–Kier alpha value is -1.68. The van der Waals surface area contributed by atoms with Crippen LogP contribution in [0.25, 0.3) is 10.9 Å². The minimum atomic E-state index is 0.289. The second-order valence-corrected chi connectivity index (χ2v) is 4.20. The third-order valence-electron chi connectivity index (χ3n) is 2.60. The van der Waals surface area contributed by atoms with E-state index in [1.807, 2.05) is 25.1 Å². The first-order valence-electron chi connectivity index (χ1n) is 5.37. The van der Waals surface area contributed by atoms with E-state index in [4.69, 9.17) is 5.84 Å². The summed E-state index contributed by atoms with van der Waals surface area (Å²) in [6, 6.07) is 6.01. The zero-order valence-electron chi connectivity index (χ0n) is 9.78. The fraction of sp³-hybridized carbons (Fsp3) is 0.333. The van der Waals surface area contributed by atoms with Gasteiger partial charge >= 0.3 is 0 Å². The highest BCUT2D eigenvalue weighted by Crippen LogP contribution is 2.25. The van der Waals surface area contributed by atoms with Crippen LogP contribution in [0.5, 0.6) is 0 Å². The van der Waals surface area contributed by atoms with Crippen LogP contribution in [0.2, 0.25) is 0 Å². The lowest BCUT2D eigenvalue weighted by Crippen LogP contribution is -2.12. The Balaban J connectivity index is 2.78. The third-order valence-corrected chi connectivity index (χ3v) is 2.60. The fourth-order valence-electron chi connectivity index (χ4n) is 1.74. The molecule has 1 aromatic heterocycles. The molecule has 4 nitrogen and oxygen atoms in total. The smallest absolute Gasteiger partial charge is 0.151 e. The molecule has 0 amide bonds. The van der Waals surface area contributed by atoms with Crippen LogP contribution in [0, 0.1) is 6.92 Å². The van der Waals surface area contributed by atoms with Gasteiger partial charge in [-0.05, 0) is 18.6 Å². The summed E-state index contributed by atoms with van der Waals surface area (Å²) in [5.41, 5.74) is 4.72. The molecule has 1 aromatic carbocycles. The molecule has 0 radical (unpaired) electrons. The van der Waals surface area contributed by atoms with Crippen molar-refractivity contribution >= 4 is 16.7 Å². The number of anilines is 1. The number of rotatable bonds is 2. The van der Waals surface area contributed by atoms with Crippen molar-refractivity contribution in [1.82, 2.24) is 9.97 Å². The number of hydrogen-bond donors (Lipinski definition) is 2. The predicted molar refractivity (Wildman–Crippen MR) is 66.2 cm³/mol. The van der Waals surface area contributed by atoms with Gasteiger partial charge in [0, 0.05) is 11.3 Å². The number of nitrogens with zero attached hydrogens (tertiary/aromatic N) is 2. The van der Waals surface area contributed by atoms with Crippen molar-refractivity contribution in [2.24, 2.45) is 5.84 Å². The number of nitrogens with one attached hydrogen (secondary N) is 1. The first-order valence-corrected chi connectivity index (χ1v) is 5.37. The van der Waals surface area contributed by atoms with E-state index in [-0.39, 0.29) is 5.92 Å². The van der Waals surface area contributed by atoms with Gasteiger partial charge in [-0.1, -0.05) is 26.0 Å². The molecule has 2 rings (SSSR count). The molecule has 2 aromatic rings. The molecule has 0 saturated heterocycles. The average Bonchev–Trinajstić information content (AvgIpc) is 2.27. The van der Waals surface area contributed by atoms with E-state index in [2.05, 4.69) is 29.2 Å². The highest BCUT2D eigenvalue weighted by Gasteiger charge is 2.10. The number of aromatic nitrogens is 2. The van der Waals surface area contributed by atoms with Gasteiger partial charge < -0.3 is 5.43 Å². The zero-order valence-corrected chi connectivity index (χ0v) is 9.78. The van der Waals surface area contributed by atoms with Gasteiger partial charge in [0.2, 0.25) is 0 Å². The van der Waals surface area contributed by atoms with E-state index in [0.29, 0.717) is 5.82 Å². The summed E-state index contributed by atoms with van der Waals surface area (Å²) in [5.74, 6) is 7.31. The summed E-state index contributed by atoms with van der Waals surface area (Å²) >= 11 is 0. The Bertz CT molecular complexity index is 520. The Morgan fingerprint density at radius 3 is 2.62 bits per heavy atom. The van der Waals surface area contributed by atoms with E-state index in [0.717, 1.165) is 22.3 Å². The molecule has 0 atom stereocenters. The van der Waals surface area contributed by atoms with E-state index in [1.165, 1.54) is 0 Å². The molecular formula is C12H16N4. The minimum absolute atomic E-state index is 0.289. The number of nitrogens with two attached hydrogens (primary N) is 1. The van der Waals surface area contributed by atoms with Gasteiger partial charge in [-0.15, -0.1) is 0 Å². The summed E-state index contributed by atoms with van der Waals surface area (Å²) in [7, 11) is 0. The molecule has 0 bridgehead atoms. The van der Waals surface area contributed by atoms with Gasteiger partial charge in [-0.25, -0.2) is 15.8 Å². The van der Waals surface area contributed by atoms with E-state index < -0.39 is 0 Å². The average molecular weight is 216 g/mol. The van der Waals surface area contributed by atoms with Crippen molar-refractivity contribution in [2.45, 2.75) is 26.7 Å². The molecule has 0 aliphatic carbocycles. The Morgan fingerprint density at radius 1 is 1.25 bits per heavy atom. The Kier molecular flexibility index (Phi) is 2.75. The highest BCUT2D eigenvalue weighted by atomic mass is 15.3. The lowest BCUT2D eigenvalue weighted by Gasteiger charge is -2.11. The van der Waals surface area contributed by atoms with Crippen molar-refractivity contribution in [3.05, 3.63) is 29.6 Å². The van der Waals surface area contributed by atoms with Crippen molar-refractivity contribution < 1.29 is 0 Å². The van der Waals surface area contributed by atoms with Crippen LogP contribution in [-0.2, 0) is 0 Å². The van der Waals surface area contributed by atoms with Gasteiger partial charge in [-0.3, -0.25) is 0 Å². The summed E-state index contributed by atoms with van der Waals surface area (Å²) < 4.78 is 0. The number of benzene rings is 1. The molecule has 16 heavy (non-hydrogen) atoms. The van der Waals surface area contributed by atoms with Gasteiger partial charge in [0.15, 0.2) is 5.82 Å². The van der Waals surface area contributed by atoms with Crippen molar-refractivity contribution in [3.63, 3.8) is 0 Å². The lowest BCUT2D eigenvalue weighted by molar-refractivity contribution is 0.783. The van der Waals surface area contributed by atoms with Gasteiger partial charge in [-0.2, -0.15) is 0 Å². The van der Waals surface area contributed by atoms with E-state index in [1.54, 1.807) is 0 Å². The third kappa shape index (κ3) is 1.72. The number of hydrogen-bond acceptors (Lipinski definition) is 4. The maximum Gasteiger partial charge on any atom is 0.151 e. The van der Waals surface area contributed by atoms with E-state index in [9.17, 15) is 0 Å². The molecule has 0 fully saturated rings. The Labute approximate surface area is 94.9 Å². The minimum Gasteiger partial charge on any atom is -0.308 e. The quantitative estimate of drug-likeness (QED) is 0.597. The molecule has 4 heteroatoms. The number of aryl methyl sites for hydroxylation is 1. The molecule has 0 spiro atoms. The molecular weight excluding hydrogens is 200 g/mol. The predicted octanol–water partition coefficient (Wildman–Crippen LogP) is 2.35. The molecule has 0 aliphatic rings. The fourth-order valence-corrected chi connectivity index (χ4v) is 1.74. The van der Waals surface area contributed by atoms with Crippen LogP contribution in [0.4, 0.5) is 5.82 Å². The van der Waals surface area contributed by atoms with Crippen molar-refractivity contribution in [3.8, 4) is 0 Å². The molecule has 84 valence electrons. The summed E-state index contributed by atoms with van der Waals surface area (Å²) in [4.78, 5) is 8.97. The van der Waals surface area contributed by atoms with Crippen LogP contribution >= 0.6 is 0 Å².